The maximum absolute atomic E-state index is 12.0. The van der Waals surface area contributed by atoms with Gasteiger partial charge in [-0.2, -0.15) is 0 Å². The molecule has 1 rings (SSSR count). The highest BCUT2D eigenvalue weighted by Crippen LogP contribution is 2.20. The minimum absolute atomic E-state index is 0.134. The van der Waals surface area contributed by atoms with Gasteiger partial charge in [-0.05, 0) is 54.9 Å². The van der Waals surface area contributed by atoms with E-state index in [-0.39, 0.29) is 11.5 Å². The van der Waals surface area contributed by atoms with Crippen LogP contribution >= 0.6 is 28.6 Å². The quantitative estimate of drug-likeness (QED) is 0.812. The Morgan fingerprint density at radius 2 is 2.17 bits per heavy atom. The second-order valence-corrected chi connectivity index (χ2v) is 5.91. The van der Waals surface area contributed by atoms with Crippen molar-refractivity contribution in [2.45, 2.75) is 31.3 Å². The molecule has 0 aliphatic heterocycles. The van der Waals surface area contributed by atoms with E-state index in [0.29, 0.717) is 18.7 Å². The van der Waals surface area contributed by atoms with E-state index < -0.39 is 0 Å². The van der Waals surface area contributed by atoms with Crippen molar-refractivity contribution in [2.24, 2.45) is 0 Å². The second kappa shape index (κ2) is 6.59. The first-order chi connectivity index (χ1) is 8.35. The molecule has 1 N–H and O–H groups in total. The molecule has 0 unspecified atom stereocenters. The van der Waals surface area contributed by atoms with Crippen LogP contribution in [0.15, 0.2) is 27.6 Å². The number of ether oxygens (including phenoxy) is 1. The Kier molecular flexibility index (Phi) is 5.69. The number of nitrogens with one attached hydrogen (secondary N) is 1. The van der Waals surface area contributed by atoms with E-state index in [9.17, 15) is 4.79 Å². The van der Waals surface area contributed by atoms with Gasteiger partial charge < -0.3 is 10.1 Å². The maximum Gasteiger partial charge on any atom is 0.252 e. The number of rotatable bonds is 5. The molecule has 0 radical (unpaired) electrons. The molecule has 0 aliphatic carbocycles. The molecule has 1 aromatic carbocycles. The predicted molar refractivity (Wildman–Crippen MR) is 79.4 cm³/mol. The average molecular weight is 332 g/mol. The number of thiol groups is 1. The standard InChI is InChI=1S/C13H18BrNO2S/c1-4-17-13(2,3)8-15-12(16)10-7-9(18)5-6-11(10)14/h5-7,18H,4,8H2,1-3H3,(H,15,16). The van der Waals surface area contributed by atoms with Crippen LogP contribution in [0.1, 0.15) is 31.1 Å². The summed E-state index contributed by atoms with van der Waals surface area (Å²) in [6.07, 6.45) is 0. The van der Waals surface area contributed by atoms with Gasteiger partial charge >= 0.3 is 0 Å². The van der Waals surface area contributed by atoms with E-state index in [1.165, 1.54) is 0 Å². The first-order valence-corrected chi connectivity index (χ1v) is 7.00. The lowest BCUT2D eigenvalue weighted by Crippen LogP contribution is -2.40. The Bertz CT molecular complexity index is 435. The third-order valence-electron chi connectivity index (χ3n) is 2.40. The average Bonchev–Trinajstić information content (AvgIpc) is 2.29. The van der Waals surface area contributed by atoms with Crippen molar-refractivity contribution < 1.29 is 9.53 Å². The Balaban J connectivity index is 2.69. The molecule has 5 heteroatoms. The molecule has 3 nitrogen and oxygen atoms in total. The smallest absolute Gasteiger partial charge is 0.252 e. The molecule has 0 bridgehead atoms. The van der Waals surface area contributed by atoms with Gasteiger partial charge in [0.1, 0.15) is 0 Å². The SMILES string of the molecule is CCOC(C)(C)CNC(=O)c1cc(S)ccc1Br. The number of carbonyl (C=O) groups excluding carboxylic acids is 1. The summed E-state index contributed by atoms with van der Waals surface area (Å²) in [7, 11) is 0. The zero-order valence-corrected chi connectivity index (χ0v) is 13.3. The fourth-order valence-electron chi connectivity index (χ4n) is 1.52. The lowest BCUT2D eigenvalue weighted by Gasteiger charge is -2.25. The van der Waals surface area contributed by atoms with Crippen molar-refractivity contribution in [2.75, 3.05) is 13.2 Å². The summed E-state index contributed by atoms with van der Waals surface area (Å²) >= 11 is 7.59. The number of amides is 1. The summed E-state index contributed by atoms with van der Waals surface area (Å²) in [6, 6.07) is 5.37. The van der Waals surface area contributed by atoms with E-state index in [4.69, 9.17) is 4.74 Å². The van der Waals surface area contributed by atoms with Crippen molar-refractivity contribution in [1.82, 2.24) is 5.32 Å². The molecule has 0 saturated carbocycles. The molecule has 0 aromatic heterocycles. The van der Waals surface area contributed by atoms with Gasteiger partial charge in [0, 0.05) is 22.5 Å². The highest BCUT2D eigenvalue weighted by molar-refractivity contribution is 9.10. The van der Waals surface area contributed by atoms with Gasteiger partial charge in [-0.3, -0.25) is 4.79 Å². The molecule has 1 amide bonds. The molecule has 18 heavy (non-hydrogen) atoms. The van der Waals surface area contributed by atoms with Crippen LogP contribution in [0.4, 0.5) is 0 Å². The number of benzene rings is 1. The van der Waals surface area contributed by atoms with Crippen LogP contribution in [0.3, 0.4) is 0 Å². The molecule has 1 aromatic rings. The normalized spacial score (nSPS) is 11.4. The Morgan fingerprint density at radius 1 is 1.50 bits per heavy atom. The highest BCUT2D eigenvalue weighted by Gasteiger charge is 2.19. The van der Waals surface area contributed by atoms with Gasteiger partial charge in [-0.25, -0.2) is 0 Å². The molecular weight excluding hydrogens is 314 g/mol. The van der Waals surface area contributed by atoms with E-state index in [1.54, 1.807) is 6.07 Å². The number of halogens is 1. The lowest BCUT2D eigenvalue weighted by atomic mass is 10.1. The molecule has 0 spiro atoms. The van der Waals surface area contributed by atoms with E-state index in [2.05, 4.69) is 33.9 Å². The highest BCUT2D eigenvalue weighted by atomic mass is 79.9. The van der Waals surface area contributed by atoms with Crippen LogP contribution in [0.25, 0.3) is 0 Å². The minimum Gasteiger partial charge on any atom is -0.374 e. The summed E-state index contributed by atoms with van der Waals surface area (Å²) < 4.78 is 6.28. The summed E-state index contributed by atoms with van der Waals surface area (Å²) in [5.74, 6) is -0.134. The predicted octanol–water partition coefficient (Wildman–Crippen LogP) is 3.28. The summed E-state index contributed by atoms with van der Waals surface area (Å²) in [5.41, 5.74) is 0.213. The van der Waals surface area contributed by atoms with Crippen molar-refractivity contribution in [1.29, 1.82) is 0 Å². The molecule has 0 fully saturated rings. The van der Waals surface area contributed by atoms with Crippen molar-refractivity contribution in [3.05, 3.63) is 28.2 Å². The van der Waals surface area contributed by atoms with Gasteiger partial charge in [0.2, 0.25) is 0 Å². The van der Waals surface area contributed by atoms with Gasteiger partial charge in [0.25, 0.3) is 5.91 Å². The monoisotopic (exact) mass is 331 g/mol. The zero-order chi connectivity index (χ0) is 13.8. The van der Waals surface area contributed by atoms with Gasteiger partial charge in [0.05, 0.1) is 11.2 Å². The number of hydrogen-bond donors (Lipinski definition) is 2. The van der Waals surface area contributed by atoms with Crippen molar-refractivity contribution in [3.63, 3.8) is 0 Å². The van der Waals surface area contributed by atoms with Gasteiger partial charge in [-0.15, -0.1) is 12.6 Å². The van der Waals surface area contributed by atoms with Crippen LogP contribution in [0, 0.1) is 0 Å². The number of carbonyl (C=O) groups is 1. The molecule has 0 saturated heterocycles. The second-order valence-electron chi connectivity index (χ2n) is 4.54. The van der Waals surface area contributed by atoms with E-state index in [0.717, 1.165) is 9.37 Å². The molecule has 0 heterocycles. The molecular formula is C13H18BrNO2S. The Labute approximate surface area is 122 Å². The fraction of sp³-hybridized carbons (Fsp3) is 0.462. The largest absolute Gasteiger partial charge is 0.374 e. The first-order valence-electron chi connectivity index (χ1n) is 5.76. The summed E-state index contributed by atoms with van der Waals surface area (Å²) in [4.78, 5) is 12.8. The van der Waals surface area contributed by atoms with Crippen LogP contribution < -0.4 is 5.32 Å². The minimum atomic E-state index is -0.366. The van der Waals surface area contributed by atoms with E-state index >= 15 is 0 Å². The molecule has 0 atom stereocenters. The third-order valence-corrected chi connectivity index (χ3v) is 3.37. The van der Waals surface area contributed by atoms with Crippen molar-refractivity contribution >= 4 is 34.5 Å². The Hall–Kier alpha value is -0.520. The first kappa shape index (κ1) is 15.5. The molecule has 100 valence electrons. The molecule has 0 aliphatic rings. The topological polar surface area (TPSA) is 38.3 Å². The zero-order valence-electron chi connectivity index (χ0n) is 10.8. The van der Waals surface area contributed by atoms with Gasteiger partial charge in [0.15, 0.2) is 0 Å². The Morgan fingerprint density at radius 3 is 2.78 bits per heavy atom. The van der Waals surface area contributed by atoms with E-state index in [1.807, 2.05) is 32.9 Å². The summed E-state index contributed by atoms with van der Waals surface area (Å²) in [6.45, 7) is 6.91. The van der Waals surface area contributed by atoms with Crippen LogP contribution in [-0.2, 0) is 4.74 Å². The van der Waals surface area contributed by atoms with Crippen molar-refractivity contribution in [3.8, 4) is 0 Å². The summed E-state index contributed by atoms with van der Waals surface area (Å²) in [5, 5.41) is 2.86. The lowest BCUT2D eigenvalue weighted by molar-refractivity contribution is -0.00816. The van der Waals surface area contributed by atoms with Gasteiger partial charge in [-0.1, -0.05) is 0 Å². The fourth-order valence-corrected chi connectivity index (χ4v) is 2.15. The third kappa shape index (κ3) is 4.63. The van der Waals surface area contributed by atoms with Crippen LogP contribution in [0.5, 0.6) is 0 Å². The maximum atomic E-state index is 12.0. The number of hydrogen-bond acceptors (Lipinski definition) is 3. The van der Waals surface area contributed by atoms with Crippen LogP contribution in [0.2, 0.25) is 0 Å². The van der Waals surface area contributed by atoms with Crippen LogP contribution in [-0.4, -0.2) is 24.7 Å².